The monoisotopic (exact) mass is 478 g/mol. The topological polar surface area (TPSA) is 109 Å². The summed E-state index contributed by atoms with van der Waals surface area (Å²) in [6.45, 7) is 8.67. The van der Waals surface area contributed by atoms with Gasteiger partial charge in [0, 0.05) is 19.2 Å². The van der Waals surface area contributed by atoms with Crippen molar-refractivity contribution < 1.29 is 34.0 Å². The minimum absolute atomic E-state index is 0.0351. The zero-order valence-corrected chi connectivity index (χ0v) is 20.7. The van der Waals surface area contributed by atoms with Gasteiger partial charge in [0.05, 0.1) is 25.8 Å². The molecule has 2 aliphatic rings. The molecule has 2 N–H and O–H groups in total. The Morgan fingerprint density at radius 2 is 2.00 bits per heavy atom. The average Bonchev–Trinajstić information content (AvgIpc) is 3.62. The lowest BCUT2D eigenvalue weighted by Gasteiger charge is -2.38. The molecule has 1 saturated carbocycles. The van der Waals surface area contributed by atoms with Gasteiger partial charge in [-0.15, -0.1) is 0 Å². The number of hydrogen-bond acceptors (Lipinski definition) is 7. The Bertz CT molecular complexity index is 850. The molecule has 34 heavy (non-hydrogen) atoms. The number of aliphatic hydroxyl groups is 1. The number of morpholine rings is 1. The van der Waals surface area contributed by atoms with Gasteiger partial charge >= 0.3 is 6.09 Å². The molecule has 9 heteroatoms. The summed E-state index contributed by atoms with van der Waals surface area (Å²) in [5.74, 6) is 0.241. The van der Waals surface area contributed by atoms with Crippen molar-refractivity contribution >= 4 is 12.0 Å². The van der Waals surface area contributed by atoms with Gasteiger partial charge in [0.2, 0.25) is 0 Å². The first kappa shape index (κ1) is 26.1. The number of phenols is 1. The number of phenolic OH excluding ortho intramolecular Hbond substituents is 1. The Balaban J connectivity index is 1.70. The van der Waals surface area contributed by atoms with Gasteiger partial charge in [-0.3, -0.25) is 4.79 Å². The van der Waals surface area contributed by atoms with Crippen molar-refractivity contribution in [1.82, 2.24) is 9.80 Å². The van der Waals surface area contributed by atoms with Crippen LogP contribution in [0.2, 0.25) is 0 Å². The second-order valence-electron chi connectivity index (χ2n) is 9.94. The predicted molar refractivity (Wildman–Crippen MR) is 126 cm³/mol. The predicted octanol–water partition coefficient (Wildman–Crippen LogP) is 3.23. The lowest BCUT2D eigenvalue weighted by molar-refractivity contribution is -0.151. The summed E-state index contributed by atoms with van der Waals surface area (Å²) in [4.78, 5) is 29.5. The normalized spacial score (nSPS) is 19.4. The van der Waals surface area contributed by atoms with E-state index in [0.717, 1.165) is 18.4 Å². The highest BCUT2D eigenvalue weighted by Crippen LogP contribution is 2.38. The van der Waals surface area contributed by atoms with E-state index in [-0.39, 0.29) is 43.5 Å². The van der Waals surface area contributed by atoms with Gasteiger partial charge in [0.25, 0.3) is 5.91 Å². The third kappa shape index (κ3) is 6.99. The summed E-state index contributed by atoms with van der Waals surface area (Å²) in [6.07, 6.45) is 1.94. The van der Waals surface area contributed by atoms with Crippen LogP contribution in [-0.4, -0.2) is 82.7 Å². The quantitative estimate of drug-likeness (QED) is 0.525. The third-order valence-electron chi connectivity index (χ3n) is 5.88. The van der Waals surface area contributed by atoms with Gasteiger partial charge in [-0.05, 0) is 71.1 Å². The fourth-order valence-electron chi connectivity index (χ4n) is 3.96. The van der Waals surface area contributed by atoms with Gasteiger partial charge in [0.15, 0.2) is 17.6 Å². The summed E-state index contributed by atoms with van der Waals surface area (Å²) >= 11 is 0. The number of amides is 2. The van der Waals surface area contributed by atoms with Crippen LogP contribution in [0.25, 0.3) is 0 Å². The number of unbranched alkanes of at least 4 members (excludes halogenated alkanes) is 1. The third-order valence-corrected chi connectivity index (χ3v) is 5.88. The SMILES string of the molecule is C[C@H](c1ccc(O)c(OCCCCO)c1)N(C(=O)[C@H]1CN(C(=O)OC(C)(C)C)CCO1)C1CC1. The van der Waals surface area contributed by atoms with Gasteiger partial charge in [-0.1, -0.05) is 6.07 Å². The van der Waals surface area contributed by atoms with Crippen LogP contribution in [0.3, 0.4) is 0 Å². The lowest BCUT2D eigenvalue weighted by Crippen LogP contribution is -2.54. The zero-order valence-electron chi connectivity index (χ0n) is 20.7. The molecule has 0 spiro atoms. The average molecular weight is 479 g/mol. The summed E-state index contributed by atoms with van der Waals surface area (Å²) in [6, 6.07) is 4.98. The Labute approximate surface area is 201 Å². The largest absolute Gasteiger partial charge is 0.504 e. The Morgan fingerprint density at radius 3 is 2.65 bits per heavy atom. The minimum atomic E-state index is -0.754. The number of carbonyl (C=O) groups is 2. The van der Waals surface area contributed by atoms with Crippen LogP contribution in [0, 0.1) is 0 Å². The van der Waals surface area contributed by atoms with Crippen molar-refractivity contribution in [3.8, 4) is 11.5 Å². The van der Waals surface area contributed by atoms with Crippen LogP contribution in [0.15, 0.2) is 18.2 Å². The Hall–Kier alpha value is -2.52. The number of aliphatic hydroxyl groups excluding tert-OH is 1. The molecule has 1 aliphatic carbocycles. The molecule has 1 aromatic rings. The van der Waals surface area contributed by atoms with Crippen LogP contribution in [0.1, 0.15) is 65.0 Å². The number of ether oxygens (including phenoxy) is 3. The van der Waals surface area contributed by atoms with E-state index in [2.05, 4.69) is 0 Å². The highest BCUT2D eigenvalue weighted by atomic mass is 16.6. The standard InChI is InChI=1S/C25H38N2O7/c1-17(18-7-10-20(29)21(15-18)32-13-6-5-12-28)27(19-8-9-19)23(30)22-16-26(11-14-33-22)24(31)34-25(2,3)4/h7,10,15,17,19,22,28-29H,5-6,8-9,11-14,16H2,1-4H3/t17-,22-/m1/s1. The van der Waals surface area contributed by atoms with Crippen LogP contribution < -0.4 is 4.74 Å². The van der Waals surface area contributed by atoms with E-state index in [0.29, 0.717) is 31.7 Å². The fourth-order valence-corrected chi connectivity index (χ4v) is 3.96. The summed E-state index contributed by atoms with van der Waals surface area (Å²) in [5.41, 5.74) is 0.232. The molecule has 1 aromatic carbocycles. The van der Waals surface area contributed by atoms with Crippen LogP contribution in [0.5, 0.6) is 11.5 Å². The molecule has 2 fully saturated rings. The van der Waals surface area contributed by atoms with E-state index >= 15 is 0 Å². The van der Waals surface area contributed by atoms with Crippen molar-refractivity contribution in [1.29, 1.82) is 0 Å². The molecule has 1 heterocycles. The second-order valence-corrected chi connectivity index (χ2v) is 9.94. The maximum Gasteiger partial charge on any atom is 0.410 e. The maximum atomic E-state index is 13.6. The summed E-state index contributed by atoms with van der Waals surface area (Å²) in [7, 11) is 0. The minimum Gasteiger partial charge on any atom is -0.504 e. The molecular weight excluding hydrogens is 440 g/mol. The number of hydrogen-bond donors (Lipinski definition) is 2. The first-order chi connectivity index (χ1) is 16.1. The van der Waals surface area contributed by atoms with Crippen LogP contribution >= 0.6 is 0 Å². The molecule has 1 saturated heterocycles. The molecule has 0 unspecified atom stereocenters. The van der Waals surface area contributed by atoms with Crippen molar-refractivity contribution in [3.63, 3.8) is 0 Å². The number of carbonyl (C=O) groups excluding carboxylic acids is 2. The van der Waals surface area contributed by atoms with Crippen LogP contribution in [0.4, 0.5) is 4.79 Å². The van der Waals surface area contributed by atoms with E-state index in [1.807, 2.05) is 32.6 Å². The molecule has 9 nitrogen and oxygen atoms in total. The van der Waals surface area contributed by atoms with Gasteiger partial charge in [0.1, 0.15) is 5.60 Å². The van der Waals surface area contributed by atoms with Crippen molar-refractivity contribution in [2.45, 2.75) is 77.2 Å². The van der Waals surface area contributed by atoms with Gasteiger partial charge < -0.3 is 34.2 Å². The van der Waals surface area contributed by atoms with E-state index in [9.17, 15) is 14.7 Å². The number of nitrogens with zero attached hydrogens (tertiary/aromatic N) is 2. The van der Waals surface area contributed by atoms with E-state index in [4.69, 9.17) is 19.3 Å². The van der Waals surface area contributed by atoms with E-state index in [1.54, 1.807) is 18.2 Å². The smallest absolute Gasteiger partial charge is 0.410 e. The first-order valence-electron chi connectivity index (χ1n) is 12.1. The Kier molecular flexibility index (Phi) is 8.65. The van der Waals surface area contributed by atoms with Crippen molar-refractivity contribution in [2.24, 2.45) is 0 Å². The molecule has 190 valence electrons. The Morgan fingerprint density at radius 1 is 1.26 bits per heavy atom. The highest BCUT2D eigenvalue weighted by Gasteiger charge is 2.42. The summed E-state index contributed by atoms with van der Waals surface area (Å²) in [5, 5.41) is 19.1. The fraction of sp³-hybridized carbons (Fsp3) is 0.680. The molecule has 0 radical (unpaired) electrons. The first-order valence-corrected chi connectivity index (χ1v) is 12.1. The second kappa shape index (κ2) is 11.3. The molecule has 2 amide bonds. The molecule has 0 aromatic heterocycles. The molecule has 0 bridgehead atoms. The lowest BCUT2D eigenvalue weighted by atomic mass is 10.0. The summed E-state index contributed by atoms with van der Waals surface area (Å²) < 4.78 is 17.0. The van der Waals surface area contributed by atoms with E-state index in [1.165, 1.54) is 4.90 Å². The zero-order chi connectivity index (χ0) is 24.9. The number of benzene rings is 1. The molecular formula is C25H38N2O7. The maximum absolute atomic E-state index is 13.6. The molecule has 3 rings (SSSR count). The van der Waals surface area contributed by atoms with E-state index < -0.39 is 17.8 Å². The number of rotatable bonds is 9. The van der Waals surface area contributed by atoms with Gasteiger partial charge in [-0.2, -0.15) is 0 Å². The van der Waals surface area contributed by atoms with Crippen molar-refractivity contribution in [3.05, 3.63) is 23.8 Å². The molecule has 2 atom stereocenters. The number of aromatic hydroxyl groups is 1. The highest BCUT2D eigenvalue weighted by molar-refractivity contribution is 5.83. The van der Waals surface area contributed by atoms with Crippen molar-refractivity contribution in [2.75, 3.05) is 32.9 Å². The van der Waals surface area contributed by atoms with Gasteiger partial charge in [-0.25, -0.2) is 4.79 Å². The molecule has 1 aliphatic heterocycles. The van der Waals surface area contributed by atoms with Crippen LogP contribution in [-0.2, 0) is 14.3 Å².